The summed E-state index contributed by atoms with van der Waals surface area (Å²) in [5, 5.41) is 8.65. The molecule has 5 rings (SSSR count). The molecule has 0 unspecified atom stereocenters. The Labute approximate surface area is 153 Å². The van der Waals surface area contributed by atoms with E-state index >= 15 is 0 Å². The fraction of sp³-hybridized carbons (Fsp3) is 0.684. The normalized spacial score (nSPS) is 23.1. The molecular weight excluding hydrogens is 332 g/mol. The zero-order chi connectivity index (χ0) is 16.9. The lowest BCUT2D eigenvalue weighted by Crippen LogP contribution is -2.45. The topological polar surface area (TPSA) is 43.2 Å². The van der Waals surface area contributed by atoms with Crippen molar-refractivity contribution in [3.05, 3.63) is 33.3 Å². The van der Waals surface area contributed by atoms with Crippen LogP contribution in [0.2, 0.25) is 0 Å². The summed E-state index contributed by atoms with van der Waals surface area (Å²) in [6, 6.07) is 3.04. The molecule has 2 aliphatic heterocycles. The van der Waals surface area contributed by atoms with Crippen molar-refractivity contribution in [3.63, 3.8) is 0 Å². The molecule has 2 aromatic heterocycles. The molecule has 0 N–H and O–H groups in total. The van der Waals surface area contributed by atoms with Crippen LogP contribution in [0.4, 0.5) is 0 Å². The van der Waals surface area contributed by atoms with Gasteiger partial charge in [-0.25, -0.2) is 4.68 Å². The quantitative estimate of drug-likeness (QED) is 0.841. The van der Waals surface area contributed by atoms with E-state index in [-0.39, 0.29) is 5.60 Å². The first-order valence-corrected chi connectivity index (χ1v) is 10.5. The van der Waals surface area contributed by atoms with Crippen LogP contribution in [0.3, 0.4) is 0 Å². The highest BCUT2D eigenvalue weighted by Gasteiger charge is 2.41. The molecule has 1 spiro atoms. The van der Waals surface area contributed by atoms with Crippen LogP contribution in [-0.4, -0.2) is 39.6 Å². The number of aryl methyl sites for hydroxylation is 1. The van der Waals surface area contributed by atoms with E-state index in [0.717, 1.165) is 57.6 Å². The van der Waals surface area contributed by atoms with Crippen molar-refractivity contribution in [2.75, 3.05) is 19.7 Å². The largest absolute Gasteiger partial charge is 0.370 e. The predicted octanol–water partition coefficient (Wildman–Crippen LogP) is 3.30. The van der Waals surface area contributed by atoms with E-state index in [1.165, 1.54) is 23.3 Å². The van der Waals surface area contributed by atoms with Crippen molar-refractivity contribution in [3.8, 4) is 0 Å². The van der Waals surface area contributed by atoms with Crippen LogP contribution < -0.4 is 0 Å². The van der Waals surface area contributed by atoms with Crippen molar-refractivity contribution in [2.24, 2.45) is 0 Å². The van der Waals surface area contributed by atoms with Gasteiger partial charge < -0.3 is 4.74 Å². The number of hydrogen-bond acceptors (Lipinski definition) is 5. The van der Waals surface area contributed by atoms with Crippen molar-refractivity contribution in [1.29, 1.82) is 0 Å². The number of rotatable bonds is 4. The third-order valence-corrected chi connectivity index (χ3v) is 7.27. The first kappa shape index (κ1) is 16.0. The molecule has 134 valence electrons. The summed E-state index contributed by atoms with van der Waals surface area (Å²) in [6.45, 7) is 6.20. The van der Waals surface area contributed by atoms with Gasteiger partial charge in [0.25, 0.3) is 0 Å². The second-order valence-electron chi connectivity index (χ2n) is 7.69. The molecule has 0 aromatic carbocycles. The van der Waals surface area contributed by atoms with Crippen LogP contribution in [0, 0.1) is 0 Å². The van der Waals surface area contributed by atoms with Gasteiger partial charge in [-0.2, -0.15) is 0 Å². The Morgan fingerprint density at radius 3 is 2.92 bits per heavy atom. The first-order chi connectivity index (χ1) is 12.3. The van der Waals surface area contributed by atoms with Crippen LogP contribution in [-0.2, 0) is 29.7 Å². The molecule has 0 atom stereocenters. The predicted molar refractivity (Wildman–Crippen MR) is 97.8 cm³/mol. The lowest BCUT2D eigenvalue weighted by molar-refractivity contribution is -0.0982. The third-order valence-electron chi connectivity index (χ3n) is 5.93. The van der Waals surface area contributed by atoms with E-state index in [9.17, 15) is 0 Å². The van der Waals surface area contributed by atoms with Gasteiger partial charge in [-0.1, -0.05) is 12.1 Å². The summed E-state index contributed by atoms with van der Waals surface area (Å²) in [6.07, 6.45) is 9.08. The monoisotopic (exact) mass is 358 g/mol. The van der Waals surface area contributed by atoms with Gasteiger partial charge in [-0.05, 0) is 43.7 Å². The Morgan fingerprint density at radius 1 is 1.32 bits per heavy atom. The van der Waals surface area contributed by atoms with Gasteiger partial charge in [0.05, 0.1) is 30.1 Å². The number of nitrogens with zero attached hydrogens (tertiary/aromatic N) is 4. The highest BCUT2D eigenvalue weighted by Crippen LogP contribution is 2.44. The molecule has 1 aliphatic carbocycles. The van der Waals surface area contributed by atoms with E-state index in [2.05, 4.69) is 39.1 Å². The maximum atomic E-state index is 6.38. The molecule has 2 aromatic rings. The summed E-state index contributed by atoms with van der Waals surface area (Å²) >= 11 is 2.00. The maximum absolute atomic E-state index is 6.38. The molecule has 3 aliphatic rings. The molecule has 1 saturated carbocycles. The zero-order valence-corrected chi connectivity index (χ0v) is 15.7. The minimum absolute atomic E-state index is 0.0281. The summed E-state index contributed by atoms with van der Waals surface area (Å²) in [5.41, 5.74) is 2.58. The average Bonchev–Trinajstić information content (AvgIpc) is 3.22. The van der Waals surface area contributed by atoms with E-state index < -0.39 is 0 Å². The fourth-order valence-electron chi connectivity index (χ4n) is 4.27. The molecule has 25 heavy (non-hydrogen) atoms. The van der Waals surface area contributed by atoms with Crippen molar-refractivity contribution in [1.82, 2.24) is 19.9 Å². The SMILES string of the molecule is CCc1cc2c(s1)CCOC21CCN(Cc2cn(C3CC3)nn2)CC1. The van der Waals surface area contributed by atoms with Gasteiger partial charge in [0.1, 0.15) is 0 Å². The molecular formula is C19H26N4OS. The van der Waals surface area contributed by atoms with Crippen LogP contribution in [0.1, 0.15) is 59.7 Å². The standard InChI is InChI=1S/C19H26N4OS/c1-2-16-11-17-18(25-16)5-10-24-19(17)6-8-22(9-7-19)12-14-13-23(21-20-14)15-3-4-15/h11,13,15H,2-10,12H2,1H3. The van der Waals surface area contributed by atoms with Crippen LogP contribution >= 0.6 is 11.3 Å². The molecule has 2 fully saturated rings. The Morgan fingerprint density at radius 2 is 2.16 bits per heavy atom. The summed E-state index contributed by atoms with van der Waals surface area (Å²) in [7, 11) is 0. The minimum Gasteiger partial charge on any atom is -0.370 e. The van der Waals surface area contributed by atoms with Gasteiger partial charge in [0, 0.05) is 35.8 Å². The molecule has 1 saturated heterocycles. The summed E-state index contributed by atoms with van der Waals surface area (Å²) in [5.74, 6) is 0. The van der Waals surface area contributed by atoms with Gasteiger partial charge in [-0.3, -0.25) is 4.90 Å². The number of piperidine rings is 1. The average molecular weight is 359 g/mol. The summed E-state index contributed by atoms with van der Waals surface area (Å²) < 4.78 is 8.43. The zero-order valence-electron chi connectivity index (χ0n) is 14.9. The van der Waals surface area contributed by atoms with Gasteiger partial charge in [0.15, 0.2) is 0 Å². The van der Waals surface area contributed by atoms with Crippen molar-refractivity contribution >= 4 is 11.3 Å². The van der Waals surface area contributed by atoms with E-state index in [0.29, 0.717) is 6.04 Å². The highest BCUT2D eigenvalue weighted by molar-refractivity contribution is 7.12. The molecule has 6 heteroatoms. The Kier molecular flexibility index (Phi) is 3.95. The fourth-order valence-corrected chi connectivity index (χ4v) is 5.44. The number of hydrogen-bond donors (Lipinski definition) is 0. The number of ether oxygens (including phenoxy) is 1. The van der Waals surface area contributed by atoms with E-state index in [1.54, 1.807) is 4.88 Å². The van der Waals surface area contributed by atoms with Gasteiger partial charge in [-0.15, -0.1) is 16.4 Å². The molecule has 4 heterocycles. The second kappa shape index (κ2) is 6.18. The van der Waals surface area contributed by atoms with Crippen LogP contribution in [0.25, 0.3) is 0 Å². The van der Waals surface area contributed by atoms with Crippen molar-refractivity contribution < 1.29 is 4.74 Å². The van der Waals surface area contributed by atoms with E-state index in [1.807, 2.05) is 11.3 Å². The first-order valence-electron chi connectivity index (χ1n) is 9.65. The van der Waals surface area contributed by atoms with E-state index in [4.69, 9.17) is 4.74 Å². The maximum Gasteiger partial charge on any atom is 0.0967 e. The Hall–Kier alpha value is -1.24. The lowest BCUT2D eigenvalue weighted by atomic mass is 9.82. The van der Waals surface area contributed by atoms with Crippen LogP contribution in [0.5, 0.6) is 0 Å². The number of aromatic nitrogens is 3. The Bertz CT molecular complexity index is 755. The molecule has 0 radical (unpaired) electrons. The van der Waals surface area contributed by atoms with Crippen LogP contribution in [0.15, 0.2) is 12.3 Å². The van der Waals surface area contributed by atoms with Gasteiger partial charge in [0.2, 0.25) is 0 Å². The molecule has 5 nitrogen and oxygen atoms in total. The lowest BCUT2D eigenvalue weighted by Gasteiger charge is -2.44. The molecule has 0 bridgehead atoms. The number of fused-ring (bicyclic) bond motifs is 2. The van der Waals surface area contributed by atoms with Gasteiger partial charge >= 0.3 is 0 Å². The smallest absolute Gasteiger partial charge is 0.0967 e. The molecule has 0 amide bonds. The summed E-state index contributed by atoms with van der Waals surface area (Å²) in [4.78, 5) is 5.59. The Balaban J connectivity index is 1.27. The highest BCUT2D eigenvalue weighted by atomic mass is 32.1. The third kappa shape index (κ3) is 2.94. The second-order valence-corrected chi connectivity index (χ2v) is 8.91. The number of likely N-dealkylation sites (tertiary alicyclic amines) is 1. The minimum atomic E-state index is -0.0281. The van der Waals surface area contributed by atoms with Crippen molar-refractivity contribution in [2.45, 2.75) is 63.6 Å². The number of thiophene rings is 1.